The highest BCUT2D eigenvalue weighted by Gasteiger charge is 2.50. The quantitative estimate of drug-likeness (QED) is 0.0828. The zero-order valence-corrected chi connectivity index (χ0v) is 45.9. The number of piperazine rings is 1. The number of amides is 3. The summed E-state index contributed by atoms with van der Waals surface area (Å²) in [4.78, 5) is 68.3. The van der Waals surface area contributed by atoms with Gasteiger partial charge < -0.3 is 44.4 Å². The molecular formula is C59H66FN11O7S. The van der Waals surface area contributed by atoms with Crippen molar-refractivity contribution in [1.82, 2.24) is 50.4 Å². The van der Waals surface area contributed by atoms with Crippen LogP contribution in [-0.4, -0.2) is 139 Å². The lowest BCUT2D eigenvalue weighted by atomic mass is 9.95. The number of phenols is 1. The summed E-state index contributed by atoms with van der Waals surface area (Å²) in [5.74, 6) is -0.0703. The van der Waals surface area contributed by atoms with Crippen LogP contribution in [0.15, 0.2) is 76.9 Å². The SMILES string of the molecule is CCc1cccc2cc(O)cc(-c3ncc4c(N5CC6CCC(C5)N6)nc(OCC56CCCN5[C@@H](COC(=O)N(C)Cc5cc(CC(=O)N7CCCC7C(=O)NC(C)c7ccc(-c8scnc8C)cc7)on5)CC6)nc4c3F)c12. The first-order chi connectivity index (χ1) is 38.3. The normalized spacial score (nSPS) is 22.2. The third-order valence-corrected chi connectivity index (χ3v) is 18.0. The lowest BCUT2D eigenvalue weighted by Crippen LogP contribution is -2.51. The predicted molar refractivity (Wildman–Crippen MR) is 297 cm³/mol. The van der Waals surface area contributed by atoms with Crippen LogP contribution in [0.4, 0.5) is 15.0 Å². The van der Waals surface area contributed by atoms with Crippen LogP contribution in [0.1, 0.15) is 99.5 Å². The maximum absolute atomic E-state index is 17.3. The Morgan fingerprint density at radius 3 is 2.62 bits per heavy atom. The number of rotatable bonds is 16. The summed E-state index contributed by atoms with van der Waals surface area (Å²) in [6.45, 7) is 9.24. The third-order valence-electron chi connectivity index (χ3n) is 17.0. The van der Waals surface area contributed by atoms with Gasteiger partial charge in [0.2, 0.25) is 11.8 Å². The van der Waals surface area contributed by atoms with Gasteiger partial charge >= 0.3 is 12.1 Å². The Balaban J connectivity index is 0.669. The van der Waals surface area contributed by atoms with E-state index in [1.807, 2.05) is 61.8 Å². The molecule has 3 amide bonds. The average Bonchev–Trinajstić information content (AvgIpc) is 4.40. The van der Waals surface area contributed by atoms with E-state index in [2.05, 4.69) is 37.5 Å². The summed E-state index contributed by atoms with van der Waals surface area (Å²) >= 11 is 1.60. The van der Waals surface area contributed by atoms with Crippen LogP contribution in [0, 0.1) is 12.7 Å². The number of aryl methyl sites for hydroxylation is 2. The van der Waals surface area contributed by atoms with E-state index in [0.29, 0.717) is 79.2 Å². The highest BCUT2D eigenvalue weighted by molar-refractivity contribution is 7.13. The zero-order valence-electron chi connectivity index (χ0n) is 45.0. The maximum Gasteiger partial charge on any atom is 0.409 e. The molecule has 0 spiro atoms. The largest absolute Gasteiger partial charge is 0.508 e. The molecule has 4 aromatic heterocycles. The van der Waals surface area contributed by atoms with Crippen LogP contribution in [0.5, 0.6) is 11.8 Å². The molecule has 5 unspecified atom stereocenters. The van der Waals surface area contributed by atoms with Crippen molar-refractivity contribution in [2.45, 2.75) is 127 Å². The second kappa shape index (κ2) is 21.7. The number of nitrogens with zero attached hydrogens (tertiary/aromatic N) is 9. The van der Waals surface area contributed by atoms with Gasteiger partial charge in [-0.3, -0.25) is 19.5 Å². The standard InChI is InChI=1S/C59H66FN11O7S/c1-5-36-9-6-10-39-23-44(72)25-46(50(36)39)52-51(60)53-47(27-61-52)55(69-29-40-16-17-41(30-69)64-40)66-57(65-53)77-32-59-19-8-22-71(59)43(18-20-59)31-76-58(75)68(4)28-42-24-45(78-67-42)26-49(73)70-21-7-11-48(70)56(74)63-34(2)37-12-14-38(15-13-37)54-35(3)62-33-79-54/h6,9-10,12-15,23-25,27,33-34,40-41,43,48,64,72H,5,7-8,11,16-22,26,28-32H2,1-4H3,(H,63,74)/t34?,40?,41?,43-,48?,59?/m1/s1. The van der Waals surface area contributed by atoms with E-state index in [1.54, 1.807) is 47.7 Å². The van der Waals surface area contributed by atoms with Crippen LogP contribution < -0.4 is 20.3 Å². The van der Waals surface area contributed by atoms with E-state index in [0.717, 1.165) is 83.1 Å². The maximum atomic E-state index is 17.3. The van der Waals surface area contributed by atoms with Gasteiger partial charge in [0.15, 0.2) is 5.82 Å². The van der Waals surface area contributed by atoms with Crippen LogP contribution in [0.3, 0.4) is 0 Å². The molecule has 3 N–H and O–H groups in total. The van der Waals surface area contributed by atoms with Gasteiger partial charge in [-0.05, 0) is 118 Å². The van der Waals surface area contributed by atoms with Gasteiger partial charge in [0.25, 0.3) is 0 Å². The summed E-state index contributed by atoms with van der Waals surface area (Å²) in [5.41, 5.74) is 6.71. The van der Waals surface area contributed by atoms with Gasteiger partial charge in [-0.2, -0.15) is 9.97 Å². The Bertz CT molecular complexity index is 3440. The summed E-state index contributed by atoms with van der Waals surface area (Å²) in [6, 6.07) is 18.7. The molecule has 2 bridgehead atoms. The molecule has 5 fully saturated rings. The molecule has 20 heteroatoms. The number of thiazole rings is 1. The van der Waals surface area contributed by atoms with Gasteiger partial charge in [-0.25, -0.2) is 14.2 Å². The Morgan fingerprint density at radius 2 is 1.84 bits per heavy atom. The highest BCUT2D eigenvalue weighted by Crippen LogP contribution is 2.44. The number of hydrogen-bond acceptors (Lipinski definition) is 16. The molecule has 12 rings (SSSR count). The minimum atomic E-state index is -0.602. The Labute approximate surface area is 461 Å². The molecule has 5 aliphatic rings. The number of aromatic hydroxyl groups is 1. The van der Waals surface area contributed by atoms with Gasteiger partial charge in [0.1, 0.15) is 53.5 Å². The minimum Gasteiger partial charge on any atom is -0.508 e. The summed E-state index contributed by atoms with van der Waals surface area (Å²) in [6.07, 6.45) is 8.60. The number of carbonyl (C=O) groups is 3. The van der Waals surface area contributed by atoms with Crippen molar-refractivity contribution in [3.05, 3.63) is 106 Å². The fourth-order valence-corrected chi connectivity index (χ4v) is 13.8. The van der Waals surface area contributed by atoms with Crippen molar-refractivity contribution in [3.8, 4) is 33.5 Å². The number of anilines is 1. The molecule has 5 aliphatic heterocycles. The molecule has 0 aliphatic carbocycles. The zero-order chi connectivity index (χ0) is 54.5. The number of nitrogens with one attached hydrogen (secondary N) is 2. The number of halogens is 1. The van der Waals surface area contributed by atoms with Crippen molar-refractivity contribution in [2.24, 2.45) is 0 Å². The van der Waals surface area contributed by atoms with Gasteiger partial charge in [-0.1, -0.05) is 54.5 Å². The van der Waals surface area contributed by atoms with E-state index in [9.17, 15) is 19.5 Å². The number of hydrogen-bond donors (Lipinski definition) is 3. The number of benzene rings is 3. The average molecular weight is 1090 g/mol. The number of ether oxygens (including phenoxy) is 2. The monoisotopic (exact) mass is 1090 g/mol. The molecule has 6 atom stereocenters. The molecule has 412 valence electrons. The van der Waals surface area contributed by atoms with Gasteiger partial charge in [0, 0.05) is 62.6 Å². The number of fused-ring (bicyclic) bond motifs is 5. The van der Waals surface area contributed by atoms with Crippen molar-refractivity contribution in [2.75, 3.05) is 51.3 Å². The Hall–Kier alpha value is -7.29. The van der Waals surface area contributed by atoms with Gasteiger partial charge in [-0.15, -0.1) is 11.3 Å². The summed E-state index contributed by atoms with van der Waals surface area (Å²) < 4.78 is 35.4. The first-order valence-corrected chi connectivity index (χ1v) is 28.6. The molecule has 7 aromatic rings. The Kier molecular flexibility index (Phi) is 14.4. The molecule has 0 radical (unpaired) electrons. The third kappa shape index (κ3) is 10.3. The van der Waals surface area contributed by atoms with E-state index in [1.165, 1.54) is 4.90 Å². The first kappa shape index (κ1) is 52.4. The van der Waals surface area contributed by atoms with Crippen molar-refractivity contribution in [1.29, 1.82) is 0 Å². The molecule has 9 heterocycles. The summed E-state index contributed by atoms with van der Waals surface area (Å²) in [7, 11) is 1.63. The van der Waals surface area contributed by atoms with E-state index in [4.69, 9.17) is 28.9 Å². The van der Waals surface area contributed by atoms with Crippen LogP contribution in [0.2, 0.25) is 0 Å². The number of pyridine rings is 1. The predicted octanol–water partition coefficient (Wildman–Crippen LogP) is 8.67. The molecule has 5 saturated heterocycles. The molecule has 3 aromatic carbocycles. The van der Waals surface area contributed by atoms with Crippen molar-refractivity contribution >= 4 is 56.7 Å². The number of phenolic OH excluding ortho intramolecular Hbond substituents is 1. The Morgan fingerprint density at radius 1 is 1.01 bits per heavy atom. The van der Waals surface area contributed by atoms with Crippen LogP contribution in [0.25, 0.3) is 43.4 Å². The first-order valence-electron chi connectivity index (χ1n) is 27.8. The lowest BCUT2D eigenvalue weighted by Gasteiger charge is -2.35. The topological polar surface area (TPSA) is 205 Å². The summed E-state index contributed by atoms with van der Waals surface area (Å²) in [5, 5.41) is 23.9. The highest BCUT2D eigenvalue weighted by atomic mass is 32.1. The van der Waals surface area contributed by atoms with Crippen molar-refractivity contribution < 1.29 is 37.9 Å². The molecular weight excluding hydrogens is 1030 g/mol. The fraction of sp³-hybridized carbons (Fsp3) is 0.458. The van der Waals surface area contributed by atoms with Crippen LogP contribution in [-0.2, 0) is 33.7 Å². The molecule has 79 heavy (non-hydrogen) atoms. The van der Waals surface area contributed by atoms with E-state index < -0.39 is 18.0 Å². The fourth-order valence-electron chi connectivity index (χ4n) is 13.0. The van der Waals surface area contributed by atoms with Crippen molar-refractivity contribution in [3.63, 3.8) is 0 Å². The number of aromatic nitrogens is 5. The van der Waals surface area contributed by atoms with Gasteiger partial charge in [0.05, 0.1) is 46.0 Å². The second-order valence-corrected chi connectivity index (χ2v) is 23.0. The number of carbonyl (C=O) groups excluding carboxylic acids is 3. The van der Waals surface area contributed by atoms with Crippen LogP contribution >= 0.6 is 11.3 Å². The number of likely N-dealkylation sites (tertiary alicyclic amines) is 1. The minimum absolute atomic E-state index is 0.0220. The van der Waals surface area contributed by atoms with E-state index >= 15 is 4.39 Å². The molecule has 18 nitrogen and oxygen atoms in total. The van der Waals surface area contributed by atoms with E-state index in [-0.39, 0.29) is 78.6 Å². The smallest absolute Gasteiger partial charge is 0.409 e. The second-order valence-electron chi connectivity index (χ2n) is 22.2. The molecule has 0 saturated carbocycles. The lowest BCUT2D eigenvalue weighted by molar-refractivity contribution is -0.138.